The molecule has 6 N–H and O–H groups in total. The fourth-order valence-corrected chi connectivity index (χ4v) is 1.07. The van der Waals surface area contributed by atoms with Gasteiger partial charge in [0, 0.05) is 6.92 Å². The standard InChI is InChI=1S/C8H17NO6/c1-4(12)9-5(2-10)7(14)8(15)6(13)3-11/h5-8,10-11,13-15H,2-3H2,1H3,(H,9,12)/t5?,6?,7-,8-/m1/s1. The van der Waals surface area contributed by atoms with Gasteiger partial charge in [0.25, 0.3) is 0 Å². The van der Waals surface area contributed by atoms with Crippen LogP contribution < -0.4 is 5.32 Å². The van der Waals surface area contributed by atoms with Gasteiger partial charge >= 0.3 is 0 Å². The predicted octanol–water partition coefficient (Wildman–Crippen LogP) is -3.44. The summed E-state index contributed by atoms with van der Waals surface area (Å²) in [6.45, 7) is -0.128. The molecule has 1 amide bonds. The fraction of sp³-hybridized carbons (Fsp3) is 0.875. The average Bonchev–Trinajstić information content (AvgIpc) is 2.22. The zero-order valence-corrected chi connectivity index (χ0v) is 8.37. The van der Waals surface area contributed by atoms with Crippen molar-refractivity contribution in [3.05, 3.63) is 0 Å². The van der Waals surface area contributed by atoms with Crippen molar-refractivity contribution >= 4 is 5.91 Å². The van der Waals surface area contributed by atoms with E-state index in [0.29, 0.717) is 0 Å². The quantitative estimate of drug-likeness (QED) is 0.278. The number of aliphatic hydroxyl groups excluding tert-OH is 5. The van der Waals surface area contributed by atoms with Crippen LogP contribution in [0.1, 0.15) is 6.92 Å². The summed E-state index contributed by atoms with van der Waals surface area (Å²) in [4.78, 5) is 10.7. The molecular weight excluding hydrogens is 206 g/mol. The molecule has 0 spiro atoms. The third-order valence-corrected chi connectivity index (χ3v) is 1.93. The molecule has 2 unspecified atom stereocenters. The maximum atomic E-state index is 10.7. The lowest BCUT2D eigenvalue weighted by molar-refractivity contribution is -0.124. The zero-order valence-electron chi connectivity index (χ0n) is 8.37. The van der Waals surface area contributed by atoms with Crippen molar-refractivity contribution in [1.29, 1.82) is 0 Å². The van der Waals surface area contributed by atoms with Gasteiger partial charge in [0.05, 0.1) is 19.3 Å². The van der Waals surface area contributed by atoms with Gasteiger partial charge in [-0.2, -0.15) is 0 Å². The largest absolute Gasteiger partial charge is 0.394 e. The number of hydrogen-bond donors (Lipinski definition) is 6. The number of carbonyl (C=O) groups excluding carboxylic acids is 1. The van der Waals surface area contributed by atoms with Crippen molar-refractivity contribution in [2.45, 2.75) is 31.3 Å². The zero-order chi connectivity index (χ0) is 12.0. The first-order valence-corrected chi connectivity index (χ1v) is 4.47. The van der Waals surface area contributed by atoms with Gasteiger partial charge in [-0.15, -0.1) is 0 Å². The normalized spacial score (nSPS) is 19.1. The SMILES string of the molecule is CC(=O)NC(CO)[C@@H](O)[C@H](O)C(O)CO. The number of rotatable bonds is 6. The van der Waals surface area contributed by atoms with Crippen LogP contribution in [0, 0.1) is 0 Å². The minimum Gasteiger partial charge on any atom is -0.394 e. The van der Waals surface area contributed by atoms with E-state index in [9.17, 15) is 15.0 Å². The minimum absolute atomic E-state index is 0.487. The van der Waals surface area contributed by atoms with Gasteiger partial charge in [0.15, 0.2) is 0 Å². The average molecular weight is 223 g/mol. The van der Waals surface area contributed by atoms with Crippen molar-refractivity contribution in [1.82, 2.24) is 5.32 Å². The van der Waals surface area contributed by atoms with Gasteiger partial charge in [0.1, 0.15) is 18.3 Å². The second-order valence-electron chi connectivity index (χ2n) is 3.22. The van der Waals surface area contributed by atoms with Crippen LogP contribution in [0.4, 0.5) is 0 Å². The Bertz CT molecular complexity index is 200. The summed E-state index contributed by atoms with van der Waals surface area (Å²) in [5.74, 6) is -0.487. The van der Waals surface area contributed by atoms with Crippen molar-refractivity contribution in [2.24, 2.45) is 0 Å². The molecule has 0 rings (SSSR count). The van der Waals surface area contributed by atoms with Gasteiger partial charge in [-0.25, -0.2) is 0 Å². The molecule has 0 heterocycles. The first-order chi connectivity index (χ1) is 6.93. The topological polar surface area (TPSA) is 130 Å². The van der Waals surface area contributed by atoms with E-state index < -0.39 is 43.5 Å². The number of nitrogens with one attached hydrogen (secondary N) is 1. The maximum Gasteiger partial charge on any atom is 0.217 e. The smallest absolute Gasteiger partial charge is 0.217 e. The second-order valence-corrected chi connectivity index (χ2v) is 3.22. The summed E-state index contributed by atoms with van der Waals surface area (Å²) < 4.78 is 0. The molecule has 0 aliphatic rings. The molecule has 0 fully saturated rings. The predicted molar refractivity (Wildman–Crippen MR) is 49.8 cm³/mol. The van der Waals surface area contributed by atoms with E-state index in [1.54, 1.807) is 0 Å². The highest BCUT2D eigenvalue weighted by molar-refractivity contribution is 5.73. The van der Waals surface area contributed by atoms with E-state index in [-0.39, 0.29) is 0 Å². The van der Waals surface area contributed by atoms with Crippen molar-refractivity contribution in [2.75, 3.05) is 13.2 Å². The van der Waals surface area contributed by atoms with Crippen LogP contribution in [0.15, 0.2) is 0 Å². The van der Waals surface area contributed by atoms with Crippen LogP contribution >= 0.6 is 0 Å². The monoisotopic (exact) mass is 223 g/mol. The molecule has 0 bridgehead atoms. The number of carbonyl (C=O) groups is 1. The Morgan fingerprint density at radius 1 is 1.13 bits per heavy atom. The van der Waals surface area contributed by atoms with Crippen molar-refractivity contribution in [3.63, 3.8) is 0 Å². The number of hydrogen-bond acceptors (Lipinski definition) is 6. The Hall–Kier alpha value is -0.730. The van der Waals surface area contributed by atoms with Gasteiger partial charge < -0.3 is 30.8 Å². The fourth-order valence-electron chi connectivity index (χ4n) is 1.07. The highest BCUT2D eigenvalue weighted by Gasteiger charge is 2.31. The highest BCUT2D eigenvalue weighted by atomic mass is 16.4. The van der Waals surface area contributed by atoms with Gasteiger partial charge in [-0.1, -0.05) is 0 Å². The first-order valence-electron chi connectivity index (χ1n) is 4.47. The summed E-state index contributed by atoms with van der Waals surface area (Å²) in [5, 5.41) is 47.3. The molecular formula is C8H17NO6. The lowest BCUT2D eigenvalue weighted by atomic mass is 10.0. The molecule has 0 aliphatic carbocycles. The molecule has 15 heavy (non-hydrogen) atoms. The van der Waals surface area contributed by atoms with E-state index in [0.717, 1.165) is 0 Å². The summed E-state index contributed by atoms with van der Waals surface area (Å²) in [6, 6.07) is -1.08. The molecule has 7 heteroatoms. The van der Waals surface area contributed by atoms with Crippen molar-refractivity contribution < 1.29 is 30.3 Å². The Morgan fingerprint density at radius 3 is 2.00 bits per heavy atom. The van der Waals surface area contributed by atoms with Crippen molar-refractivity contribution in [3.8, 4) is 0 Å². The van der Waals surface area contributed by atoms with Crippen LogP contribution in [-0.4, -0.2) is 69.0 Å². The number of aliphatic hydroxyl groups is 5. The van der Waals surface area contributed by atoms with Crippen LogP contribution in [0.25, 0.3) is 0 Å². The molecule has 0 aromatic rings. The third kappa shape index (κ3) is 4.54. The molecule has 0 aromatic heterocycles. The first kappa shape index (κ1) is 14.3. The number of amides is 1. The molecule has 0 radical (unpaired) electrons. The summed E-state index contributed by atoms with van der Waals surface area (Å²) >= 11 is 0. The van der Waals surface area contributed by atoms with E-state index in [1.165, 1.54) is 6.92 Å². The van der Waals surface area contributed by atoms with Crippen LogP contribution in [0.3, 0.4) is 0 Å². The Kier molecular flexibility index (Phi) is 6.37. The molecule has 0 saturated carbocycles. The van der Waals surface area contributed by atoms with Gasteiger partial charge in [-0.3, -0.25) is 4.79 Å². The maximum absolute atomic E-state index is 10.7. The lowest BCUT2D eigenvalue weighted by Crippen LogP contribution is -2.53. The van der Waals surface area contributed by atoms with Gasteiger partial charge in [0.2, 0.25) is 5.91 Å². The summed E-state index contributed by atoms with van der Waals surface area (Å²) in [6.07, 6.45) is -4.72. The molecule has 0 aliphatic heterocycles. The summed E-state index contributed by atoms with van der Waals surface area (Å²) in [7, 11) is 0. The van der Waals surface area contributed by atoms with Crippen LogP contribution in [-0.2, 0) is 4.79 Å². The van der Waals surface area contributed by atoms with E-state index in [4.69, 9.17) is 15.3 Å². The van der Waals surface area contributed by atoms with E-state index in [1.807, 2.05) is 0 Å². The molecule has 4 atom stereocenters. The molecule has 90 valence electrons. The highest BCUT2D eigenvalue weighted by Crippen LogP contribution is 2.04. The summed E-state index contributed by atoms with van der Waals surface area (Å²) in [5.41, 5.74) is 0. The molecule has 0 aromatic carbocycles. The third-order valence-electron chi connectivity index (χ3n) is 1.93. The second kappa shape index (κ2) is 6.70. The lowest BCUT2D eigenvalue weighted by Gasteiger charge is -2.27. The van der Waals surface area contributed by atoms with E-state index in [2.05, 4.69) is 5.32 Å². The van der Waals surface area contributed by atoms with E-state index >= 15 is 0 Å². The Morgan fingerprint density at radius 2 is 1.67 bits per heavy atom. The Labute approximate surface area is 87.0 Å². The van der Waals surface area contributed by atoms with Crippen LogP contribution in [0.5, 0.6) is 0 Å². The molecule has 7 nitrogen and oxygen atoms in total. The van der Waals surface area contributed by atoms with Crippen LogP contribution in [0.2, 0.25) is 0 Å². The van der Waals surface area contributed by atoms with Gasteiger partial charge in [-0.05, 0) is 0 Å². The minimum atomic E-state index is -1.64. The molecule has 0 saturated heterocycles. The Balaban J connectivity index is 4.35.